The summed E-state index contributed by atoms with van der Waals surface area (Å²) in [6.45, 7) is -0.181. The Morgan fingerprint density at radius 3 is 2.93 bits per heavy atom. The Kier molecular flexibility index (Phi) is 4.11. The van der Waals surface area contributed by atoms with Crippen LogP contribution in [0.5, 0.6) is 0 Å². The molecule has 0 bridgehead atoms. The van der Waals surface area contributed by atoms with Crippen LogP contribution in [0.4, 0.5) is 5.69 Å². The highest BCUT2D eigenvalue weighted by atomic mass is 16.5. The van der Waals surface area contributed by atoms with Crippen molar-refractivity contribution in [3.05, 3.63) is 29.8 Å². The lowest BCUT2D eigenvalue weighted by molar-refractivity contribution is 0.0574. The quantitative estimate of drug-likeness (QED) is 0.321. The van der Waals surface area contributed by atoms with Crippen LogP contribution in [0.25, 0.3) is 0 Å². The SMILES string of the molecule is [B]COC(=O)c1ccccc1N=NC#C. The van der Waals surface area contributed by atoms with Crippen molar-refractivity contribution in [2.45, 2.75) is 0 Å². The molecule has 5 heteroatoms. The van der Waals surface area contributed by atoms with E-state index in [1.165, 1.54) is 0 Å². The van der Waals surface area contributed by atoms with E-state index in [0.29, 0.717) is 5.69 Å². The fourth-order valence-electron chi connectivity index (χ4n) is 0.970. The molecule has 1 rings (SSSR count). The van der Waals surface area contributed by atoms with Gasteiger partial charge >= 0.3 is 5.97 Å². The van der Waals surface area contributed by atoms with E-state index in [0.717, 1.165) is 0 Å². The number of esters is 1. The first kappa shape index (κ1) is 11.0. The average Bonchev–Trinajstić information content (AvgIpc) is 2.27. The van der Waals surface area contributed by atoms with Crippen LogP contribution in [0.3, 0.4) is 0 Å². The predicted octanol–water partition coefficient (Wildman–Crippen LogP) is 1.64. The first-order valence-corrected chi connectivity index (χ1v) is 4.12. The summed E-state index contributed by atoms with van der Waals surface area (Å²) >= 11 is 0. The van der Waals surface area contributed by atoms with Crippen LogP contribution in [0.15, 0.2) is 34.5 Å². The number of hydrogen-bond donors (Lipinski definition) is 0. The number of carbonyl (C=O) groups excluding carboxylic acids is 1. The highest BCUT2D eigenvalue weighted by Crippen LogP contribution is 2.19. The third-order valence-electron chi connectivity index (χ3n) is 1.55. The third-order valence-corrected chi connectivity index (χ3v) is 1.55. The highest BCUT2D eigenvalue weighted by molar-refractivity contribution is 6.09. The second-order valence-electron chi connectivity index (χ2n) is 2.44. The number of benzene rings is 1. The van der Waals surface area contributed by atoms with Crippen molar-refractivity contribution < 1.29 is 9.53 Å². The minimum Gasteiger partial charge on any atom is -0.472 e. The normalized spacial score (nSPS) is 9.80. The Morgan fingerprint density at radius 2 is 2.27 bits per heavy atom. The van der Waals surface area contributed by atoms with Crippen molar-refractivity contribution in [2.75, 3.05) is 6.51 Å². The third kappa shape index (κ3) is 2.95. The van der Waals surface area contributed by atoms with Crippen LogP contribution in [-0.2, 0) is 4.74 Å². The van der Waals surface area contributed by atoms with Gasteiger partial charge in [-0.3, -0.25) is 0 Å². The van der Waals surface area contributed by atoms with Gasteiger partial charge in [-0.2, -0.15) is 0 Å². The van der Waals surface area contributed by atoms with Gasteiger partial charge in [0, 0.05) is 6.51 Å². The molecule has 0 heterocycles. The minimum absolute atomic E-state index is 0.181. The van der Waals surface area contributed by atoms with Gasteiger partial charge < -0.3 is 4.74 Å². The topological polar surface area (TPSA) is 51.0 Å². The number of rotatable bonds is 3. The van der Waals surface area contributed by atoms with Crippen LogP contribution >= 0.6 is 0 Å². The summed E-state index contributed by atoms with van der Waals surface area (Å²) < 4.78 is 4.63. The molecule has 0 aliphatic carbocycles. The first-order valence-electron chi connectivity index (χ1n) is 4.12. The van der Waals surface area contributed by atoms with Gasteiger partial charge in [-0.15, -0.1) is 5.11 Å². The summed E-state index contributed by atoms with van der Waals surface area (Å²) in [5.74, 6) is -0.552. The maximum atomic E-state index is 11.4. The number of nitrogens with zero attached hydrogens (tertiary/aromatic N) is 2. The van der Waals surface area contributed by atoms with E-state index in [1.807, 2.05) is 6.04 Å². The molecule has 0 spiro atoms. The van der Waals surface area contributed by atoms with Crippen molar-refractivity contribution in [3.8, 4) is 12.5 Å². The van der Waals surface area contributed by atoms with Crippen LogP contribution in [0.1, 0.15) is 10.4 Å². The fourth-order valence-corrected chi connectivity index (χ4v) is 0.970. The van der Waals surface area contributed by atoms with Crippen LogP contribution in [0, 0.1) is 12.5 Å². The lowest BCUT2D eigenvalue weighted by Gasteiger charge is -2.03. The standard InChI is InChI=1S/C10H7BN2O2/c1-2-12-13-9-6-4-3-5-8(9)10(14)15-7-11/h1,3-6H,7H2. The second-order valence-corrected chi connectivity index (χ2v) is 2.44. The Hall–Kier alpha value is -2.09. The van der Waals surface area contributed by atoms with Crippen molar-refractivity contribution in [3.63, 3.8) is 0 Å². The zero-order valence-corrected chi connectivity index (χ0v) is 7.88. The van der Waals surface area contributed by atoms with Gasteiger partial charge in [-0.25, -0.2) is 4.79 Å². The summed E-state index contributed by atoms with van der Waals surface area (Å²) in [6.07, 6.45) is 4.91. The highest BCUT2D eigenvalue weighted by Gasteiger charge is 2.10. The monoisotopic (exact) mass is 198 g/mol. The van der Waals surface area contributed by atoms with Gasteiger partial charge in [0.2, 0.25) is 0 Å². The Bertz CT molecular complexity index is 424. The maximum absolute atomic E-state index is 11.4. The van der Waals surface area contributed by atoms with Crippen molar-refractivity contribution in [2.24, 2.45) is 10.2 Å². The van der Waals surface area contributed by atoms with Crippen LogP contribution in [-0.4, -0.2) is 20.3 Å². The summed E-state index contributed by atoms with van der Waals surface area (Å²) in [5.41, 5.74) is 0.635. The average molecular weight is 198 g/mol. The van der Waals surface area contributed by atoms with Crippen molar-refractivity contribution in [1.29, 1.82) is 0 Å². The molecule has 0 aliphatic heterocycles. The van der Waals surface area contributed by atoms with Gasteiger partial charge in [0.15, 0.2) is 0 Å². The molecule has 0 fully saturated rings. The number of carbonyl (C=O) groups is 1. The van der Waals surface area contributed by atoms with Crippen molar-refractivity contribution >= 4 is 19.5 Å². The number of terminal acetylenes is 1. The smallest absolute Gasteiger partial charge is 0.339 e. The minimum atomic E-state index is -0.552. The van der Waals surface area contributed by atoms with E-state index < -0.39 is 5.97 Å². The first-order chi connectivity index (χ1) is 7.29. The molecule has 0 N–H and O–H groups in total. The van der Waals surface area contributed by atoms with E-state index in [-0.39, 0.29) is 12.1 Å². The lowest BCUT2D eigenvalue weighted by atomic mass is 10.1. The molecule has 0 saturated carbocycles. The molecular formula is C10H7BN2O2. The molecule has 2 radical (unpaired) electrons. The molecule has 1 aromatic rings. The molecule has 1 aromatic carbocycles. The molecule has 4 nitrogen and oxygen atoms in total. The fraction of sp³-hybridized carbons (Fsp3) is 0.100. The Morgan fingerprint density at radius 1 is 1.53 bits per heavy atom. The molecule has 0 amide bonds. The zero-order valence-electron chi connectivity index (χ0n) is 7.88. The van der Waals surface area contributed by atoms with Gasteiger partial charge in [-0.05, 0) is 12.1 Å². The van der Waals surface area contributed by atoms with E-state index in [9.17, 15) is 4.79 Å². The number of hydrogen-bond acceptors (Lipinski definition) is 4. The summed E-state index contributed by atoms with van der Waals surface area (Å²) in [5, 5.41) is 7.03. The predicted molar refractivity (Wildman–Crippen MR) is 55.8 cm³/mol. The van der Waals surface area contributed by atoms with E-state index in [2.05, 4.69) is 15.0 Å². The van der Waals surface area contributed by atoms with E-state index in [4.69, 9.17) is 14.3 Å². The molecule has 0 unspecified atom stereocenters. The summed E-state index contributed by atoms with van der Waals surface area (Å²) in [4.78, 5) is 11.4. The maximum Gasteiger partial charge on any atom is 0.339 e. The second kappa shape index (κ2) is 5.60. The molecule has 0 aromatic heterocycles. The zero-order chi connectivity index (χ0) is 11.1. The summed E-state index contributed by atoms with van der Waals surface area (Å²) in [6, 6.07) is 8.55. The molecule has 72 valence electrons. The molecular weight excluding hydrogens is 191 g/mol. The number of azo groups is 1. The van der Waals surface area contributed by atoms with Gasteiger partial charge in [0.25, 0.3) is 0 Å². The van der Waals surface area contributed by atoms with E-state index >= 15 is 0 Å². The number of ether oxygens (including phenoxy) is 1. The van der Waals surface area contributed by atoms with Crippen LogP contribution < -0.4 is 0 Å². The van der Waals surface area contributed by atoms with Gasteiger partial charge in [-0.1, -0.05) is 23.7 Å². The van der Waals surface area contributed by atoms with E-state index in [1.54, 1.807) is 24.3 Å². The molecule has 0 saturated heterocycles. The molecule has 0 atom stereocenters. The van der Waals surface area contributed by atoms with Gasteiger partial charge in [0.1, 0.15) is 13.5 Å². The van der Waals surface area contributed by atoms with Gasteiger partial charge in [0.05, 0.1) is 11.6 Å². The molecule has 0 aliphatic rings. The molecule has 15 heavy (non-hydrogen) atoms. The largest absolute Gasteiger partial charge is 0.472 e. The summed E-state index contributed by atoms with van der Waals surface area (Å²) in [7, 11) is 5.09. The Balaban J connectivity index is 3.02. The Labute approximate surface area is 88.8 Å². The van der Waals surface area contributed by atoms with Crippen molar-refractivity contribution in [1.82, 2.24) is 0 Å². The lowest BCUT2D eigenvalue weighted by Crippen LogP contribution is -2.06. The van der Waals surface area contributed by atoms with Crippen LogP contribution in [0.2, 0.25) is 0 Å².